The van der Waals surface area contributed by atoms with E-state index in [0.29, 0.717) is 18.5 Å². The number of urea groups is 1. The first-order chi connectivity index (χ1) is 12.9. The second-order valence-electron chi connectivity index (χ2n) is 6.37. The van der Waals surface area contributed by atoms with Crippen molar-refractivity contribution in [2.24, 2.45) is 0 Å². The Morgan fingerprint density at radius 3 is 2.63 bits per heavy atom. The molecule has 8 heteroatoms. The van der Waals surface area contributed by atoms with E-state index in [2.05, 4.69) is 15.6 Å². The van der Waals surface area contributed by atoms with Crippen LogP contribution in [0, 0.1) is 5.82 Å². The summed E-state index contributed by atoms with van der Waals surface area (Å²) in [5, 5.41) is 5.25. The molecule has 2 N–H and O–H groups in total. The zero-order valence-corrected chi connectivity index (χ0v) is 14.7. The molecule has 140 valence electrons. The minimum atomic E-state index is -1.33. The van der Waals surface area contributed by atoms with E-state index in [0.717, 1.165) is 10.6 Å². The number of aromatic nitrogens is 1. The molecule has 1 atom stereocenters. The number of carbonyl (C=O) groups excluding carboxylic acids is 3. The van der Waals surface area contributed by atoms with Crippen LogP contribution in [-0.2, 0) is 21.5 Å². The Morgan fingerprint density at radius 2 is 1.96 bits per heavy atom. The van der Waals surface area contributed by atoms with Gasteiger partial charge < -0.3 is 10.6 Å². The number of amides is 4. The number of carbonyl (C=O) groups is 3. The summed E-state index contributed by atoms with van der Waals surface area (Å²) >= 11 is 0. The lowest BCUT2D eigenvalue weighted by Gasteiger charge is -2.22. The van der Waals surface area contributed by atoms with E-state index in [1.54, 1.807) is 12.3 Å². The number of benzene rings is 1. The topological polar surface area (TPSA) is 91.4 Å². The van der Waals surface area contributed by atoms with Crippen molar-refractivity contribution in [2.45, 2.75) is 18.9 Å². The Bertz CT molecular complexity index is 857. The summed E-state index contributed by atoms with van der Waals surface area (Å²) in [5.41, 5.74) is -0.0593. The molecule has 2 aromatic rings. The van der Waals surface area contributed by atoms with Crippen LogP contribution in [0.5, 0.6) is 0 Å². The third-order valence-corrected chi connectivity index (χ3v) is 4.43. The maximum Gasteiger partial charge on any atom is 0.325 e. The van der Waals surface area contributed by atoms with Crippen LogP contribution in [0.2, 0.25) is 0 Å². The van der Waals surface area contributed by atoms with Gasteiger partial charge in [0.15, 0.2) is 0 Å². The van der Waals surface area contributed by atoms with Crippen molar-refractivity contribution in [3.05, 3.63) is 65.7 Å². The molecule has 4 amide bonds. The highest BCUT2D eigenvalue weighted by atomic mass is 19.1. The molecule has 1 aromatic heterocycles. The predicted octanol–water partition coefficient (Wildman–Crippen LogP) is 1.35. The highest BCUT2D eigenvalue weighted by Gasteiger charge is 2.49. The minimum Gasteiger partial charge on any atom is -0.354 e. The molecule has 3 rings (SSSR count). The first kappa shape index (κ1) is 18.5. The molecule has 0 saturated carbocycles. The normalized spacial score (nSPS) is 19.1. The third-order valence-electron chi connectivity index (χ3n) is 4.43. The molecule has 1 saturated heterocycles. The van der Waals surface area contributed by atoms with Gasteiger partial charge in [-0.2, -0.15) is 0 Å². The summed E-state index contributed by atoms with van der Waals surface area (Å²) in [6, 6.07) is 10.1. The third kappa shape index (κ3) is 3.94. The van der Waals surface area contributed by atoms with E-state index in [4.69, 9.17) is 0 Å². The molecule has 0 aliphatic carbocycles. The van der Waals surface area contributed by atoms with Crippen molar-refractivity contribution in [2.75, 3.05) is 13.1 Å². The lowest BCUT2D eigenvalue weighted by atomic mass is 9.92. The molecule has 0 bridgehead atoms. The Labute approximate surface area is 155 Å². The van der Waals surface area contributed by atoms with Gasteiger partial charge in [-0.15, -0.1) is 0 Å². The second kappa shape index (κ2) is 7.53. The molecule has 1 aliphatic heterocycles. The van der Waals surface area contributed by atoms with Crippen molar-refractivity contribution in [3.8, 4) is 0 Å². The largest absolute Gasteiger partial charge is 0.354 e. The summed E-state index contributed by atoms with van der Waals surface area (Å²) in [6.45, 7) is 1.48. The SMILES string of the molecule is CC1(c2ccc(F)cc2)NC(=O)N(CC(=O)NCCc2ccccn2)C1=O. The summed E-state index contributed by atoms with van der Waals surface area (Å²) in [7, 11) is 0. The van der Waals surface area contributed by atoms with Gasteiger partial charge in [-0.1, -0.05) is 18.2 Å². The van der Waals surface area contributed by atoms with Crippen LogP contribution in [0.4, 0.5) is 9.18 Å². The van der Waals surface area contributed by atoms with Gasteiger partial charge in [0.2, 0.25) is 5.91 Å². The van der Waals surface area contributed by atoms with Gasteiger partial charge in [0, 0.05) is 24.9 Å². The van der Waals surface area contributed by atoms with Gasteiger partial charge in [0.1, 0.15) is 17.9 Å². The first-order valence-corrected chi connectivity index (χ1v) is 8.47. The lowest BCUT2D eigenvalue weighted by molar-refractivity contribution is -0.134. The van der Waals surface area contributed by atoms with Gasteiger partial charge in [-0.05, 0) is 36.8 Å². The molecular weight excluding hydrogens is 351 g/mol. The molecule has 1 fully saturated rings. The van der Waals surface area contributed by atoms with Gasteiger partial charge in [-0.3, -0.25) is 19.5 Å². The van der Waals surface area contributed by atoms with Crippen LogP contribution in [0.15, 0.2) is 48.7 Å². The lowest BCUT2D eigenvalue weighted by Crippen LogP contribution is -2.43. The van der Waals surface area contributed by atoms with Crippen molar-refractivity contribution < 1.29 is 18.8 Å². The molecule has 0 radical (unpaired) electrons. The Kier molecular flexibility index (Phi) is 5.16. The van der Waals surface area contributed by atoms with Crippen LogP contribution in [0.3, 0.4) is 0 Å². The number of imide groups is 1. The standard InChI is InChI=1S/C19H19FN4O3/c1-19(13-5-7-14(20)8-6-13)17(26)24(18(27)23-19)12-16(25)22-11-9-15-4-2-3-10-21-15/h2-8,10H,9,11-12H2,1H3,(H,22,25)(H,23,27). The number of nitrogens with zero attached hydrogens (tertiary/aromatic N) is 2. The van der Waals surface area contributed by atoms with E-state index in [-0.39, 0.29) is 6.54 Å². The summed E-state index contributed by atoms with van der Waals surface area (Å²) < 4.78 is 13.1. The van der Waals surface area contributed by atoms with E-state index in [1.807, 2.05) is 12.1 Å². The van der Waals surface area contributed by atoms with Gasteiger partial charge in [0.05, 0.1) is 0 Å². The molecule has 7 nitrogen and oxygen atoms in total. The molecule has 0 spiro atoms. The maximum atomic E-state index is 13.1. The van der Waals surface area contributed by atoms with Crippen LogP contribution in [-0.4, -0.2) is 40.8 Å². The zero-order valence-electron chi connectivity index (χ0n) is 14.7. The fraction of sp³-hybridized carbons (Fsp3) is 0.263. The van der Waals surface area contributed by atoms with E-state index >= 15 is 0 Å². The Hall–Kier alpha value is -3.29. The molecular formula is C19H19FN4O3. The number of halogens is 1. The van der Waals surface area contributed by atoms with Crippen molar-refractivity contribution in [3.63, 3.8) is 0 Å². The molecule has 2 heterocycles. The summed E-state index contributed by atoms with van der Waals surface area (Å²) in [6.07, 6.45) is 2.21. The summed E-state index contributed by atoms with van der Waals surface area (Å²) in [5.74, 6) is -1.44. The number of pyridine rings is 1. The van der Waals surface area contributed by atoms with Crippen molar-refractivity contribution in [1.82, 2.24) is 20.5 Å². The predicted molar refractivity (Wildman–Crippen MR) is 94.9 cm³/mol. The van der Waals surface area contributed by atoms with Crippen LogP contribution in [0.1, 0.15) is 18.2 Å². The summed E-state index contributed by atoms with van der Waals surface area (Å²) in [4.78, 5) is 42.0. The van der Waals surface area contributed by atoms with Crippen molar-refractivity contribution in [1.29, 1.82) is 0 Å². The fourth-order valence-electron chi connectivity index (χ4n) is 2.89. The monoisotopic (exact) mass is 370 g/mol. The van der Waals surface area contributed by atoms with Gasteiger partial charge in [-0.25, -0.2) is 9.18 Å². The first-order valence-electron chi connectivity index (χ1n) is 8.47. The van der Waals surface area contributed by atoms with E-state index in [1.165, 1.54) is 31.2 Å². The van der Waals surface area contributed by atoms with Gasteiger partial charge in [0.25, 0.3) is 5.91 Å². The molecule has 1 aliphatic rings. The maximum absolute atomic E-state index is 13.1. The van der Waals surface area contributed by atoms with Crippen LogP contribution >= 0.6 is 0 Å². The Morgan fingerprint density at radius 1 is 1.22 bits per heavy atom. The number of rotatable bonds is 6. The van der Waals surface area contributed by atoms with Gasteiger partial charge >= 0.3 is 6.03 Å². The average molecular weight is 370 g/mol. The molecule has 27 heavy (non-hydrogen) atoms. The van der Waals surface area contributed by atoms with Crippen molar-refractivity contribution >= 4 is 17.8 Å². The van der Waals surface area contributed by atoms with E-state index in [9.17, 15) is 18.8 Å². The highest BCUT2D eigenvalue weighted by molar-refractivity contribution is 6.09. The average Bonchev–Trinajstić information content (AvgIpc) is 2.87. The minimum absolute atomic E-state index is 0.342. The highest BCUT2D eigenvalue weighted by Crippen LogP contribution is 2.28. The smallest absolute Gasteiger partial charge is 0.325 e. The molecule has 1 unspecified atom stereocenters. The van der Waals surface area contributed by atoms with E-state index < -0.39 is 29.2 Å². The zero-order chi connectivity index (χ0) is 19.4. The number of nitrogens with one attached hydrogen (secondary N) is 2. The quantitative estimate of drug-likeness (QED) is 0.751. The second-order valence-corrected chi connectivity index (χ2v) is 6.37. The number of hydrogen-bond donors (Lipinski definition) is 2. The molecule has 1 aromatic carbocycles. The fourth-order valence-corrected chi connectivity index (χ4v) is 2.89. The Balaban J connectivity index is 1.60. The van der Waals surface area contributed by atoms with Crippen LogP contribution < -0.4 is 10.6 Å². The number of hydrogen-bond acceptors (Lipinski definition) is 4. The van der Waals surface area contributed by atoms with Crippen LogP contribution in [0.25, 0.3) is 0 Å².